The lowest BCUT2D eigenvalue weighted by Gasteiger charge is -2.10. The van der Waals surface area contributed by atoms with Crippen LogP contribution in [0.5, 0.6) is 5.88 Å². The molecule has 2 aromatic heterocycles. The Bertz CT molecular complexity index is 672. The highest BCUT2D eigenvalue weighted by molar-refractivity contribution is 9.10. The van der Waals surface area contributed by atoms with Gasteiger partial charge in [-0.1, -0.05) is 12.1 Å². The number of ether oxygens (including phenoxy) is 1. The maximum Gasteiger partial charge on any atom is 0.319 e. The number of aryl methyl sites for hydroxylation is 2. The van der Waals surface area contributed by atoms with Crippen molar-refractivity contribution in [2.45, 2.75) is 26.8 Å². The highest BCUT2D eigenvalue weighted by Crippen LogP contribution is 2.21. The van der Waals surface area contributed by atoms with Crippen LogP contribution in [0.15, 0.2) is 21.3 Å². The standard InChI is InChI=1S/C14H17BrN4O3/c1-4-11-12(8(2)19-22-11)18-14(20)17-6-9-5-10(15)7-16-13(9)21-3/h5,7H,4,6H2,1-3H3,(H2,17,18,20). The van der Waals surface area contributed by atoms with Crippen molar-refractivity contribution in [3.63, 3.8) is 0 Å². The fourth-order valence-electron chi connectivity index (χ4n) is 1.93. The predicted octanol–water partition coefficient (Wildman–Crippen LogP) is 3.03. The van der Waals surface area contributed by atoms with Crippen molar-refractivity contribution in [2.75, 3.05) is 12.4 Å². The first-order valence-electron chi connectivity index (χ1n) is 6.73. The molecule has 0 saturated carbocycles. The first kappa shape index (κ1) is 16.3. The highest BCUT2D eigenvalue weighted by atomic mass is 79.9. The second-order valence-electron chi connectivity index (χ2n) is 4.55. The van der Waals surface area contributed by atoms with Crippen LogP contribution in [-0.2, 0) is 13.0 Å². The molecule has 0 atom stereocenters. The van der Waals surface area contributed by atoms with Crippen molar-refractivity contribution in [2.24, 2.45) is 0 Å². The summed E-state index contributed by atoms with van der Waals surface area (Å²) < 4.78 is 11.1. The number of aromatic nitrogens is 2. The lowest BCUT2D eigenvalue weighted by atomic mass is 10.2. The Kier molecular flexibility index (Phi) is 5.37. The van der Waals surface area contributed by atoms with E-state index in [9.17, 15) is 4.79 Å². The van der Waals surface area contributed by atoms with E-state index >= 15 is 0 Å². The van der Waals surface area contributed by atoms with Gasteiger partial charge in [0.1, 0.15) is 11.4 Å². The molecule has 0 aromatic carbocycles. The minimum absolute atomic E-state index is 0.285. The van der Waals surface area contributed by atoms with E-state index < -0.39 is 0 Å². The summed E-state index contributed by atoms with van der Waals surface area (Å²) in [5.74, 6) is 1.12. The zero-order chi connectivity index (χ0) is 16.1. The minimum Gasteiger partial charge on any atom is -0.481 e. The average Bonchev–Trinajstić information content (AvgIpc) is 2.86. The second kappa shape index (κ2) is 7.26. The predicted molar refractivity (Wildman–Crippen MR) is 85.0 cm³/mol. The molecule has 2 aromatic rings. The second-order valence-corrected chi connectivity index (χ2v) is 5.47. The molecule has 2 heterocycles. The van der Waals surface area contributed by atoms with E-state index in [0.717, 1.165) is 10.0 Å². The number of halogens is 1. The van der Waals surface area contributed by atoms with Crippen molar-refractivity contribution in [3.05, 3.63) is 33.8 Å². The van der Waals surface area contributed by atoms with Gasteiger partial charge in [0, 0.05) is 29.2 Å². The zero-order valence-corrected chi connectivity index (χ0v) is 14.2. The Labute approximate surface area is 136 Å². The number of pyridine rings is 1. The number of urea groups is 1. The number of nitrogens with zero attached hydrogens (tertiary/aromatic N) is 2. The summed E-state index contributed by atoms with van der Waals surface area (Å²) in [7, 11) is 1.54. The monoisotopic (exact) mass is 368 g/mol. The number of hydrogen-bond acceptors (Lipinski definition) is 5. The van der Waals surface area contributed by atoms with Gasteiger partial charge in [0.15, 0.2) is 5.76 Å². The Morgan fingerprint density at radius 3 is 2.95 bits per heavy atom. The Morgan fingerprint density at radius 2 is 2.27 bits per heavy atom. The first-order chi connectivity index (χ1) is 10.5. The number of methoxy groups -OCH3 is 1. The number of carbonyl (C=O) groups is 1. The van der Waals surface area contributed by atoms with Crippen molar-refractivity contribution in [1.82, 2.24) is 15.5 Å². The Balaban J connectivity index is 2.01. The molecule has 0 bridgehead atoms. The van der Waals surface area contributed by atoms with E-state index in [1.165, 1.54) is 7.11 Å². The van der Waals surface area contributed by atoms with Gasteiger partial charge in [0.2, 0.25) is 5.88 Å². The van der Waals surface area contributed by atoms with E-state index in [-0.39, 0.29) is 12.6 Å². The molecule has 2 N–H and O–H groups in total. The molecular weight excluding hydrogens is 352 g/mol. The highest BCUT2D eigenvalue weighted by Gasteiger charge is 2.14. The Hall–Kier alpha value is -2.09. The largest absolute Gasteiger partial charge is 0.481 e. The van der Waals surface area contributed by atoms with Gasteiger partial charge in [-0.3, -0.25) is 0 Å². The van der Waals surface area contributed by atoms with Crippen LogP contribution in [0.25, 0.3) is 0 Å². The van der Waals surface area contributed by atoms with Gasteiger partial charge in [-0.15, -0.1) is 0 Å². The SMILES string of the molecule is CCc1onc(C)c1NC(=O)NCc1cc(Br)cnc1OC. The molecular formula is C14H17BrN4O3. The molecule has 0 aliphatic rings. The van der Waals surface area contributed by atoms with Gasteiger partial charge in [-0.25, -0.2) is 9.78 Å². The number of nitrogens with one attached hydrogen (secondary N) is 2. The smallest absolute Gasteiger partial charge is 0.319 e. The summed E-state index contributed by atoms with van der Waals surface area (Å²) >= 11 is 3.34. The molecule has 0 aliphatic heterocycles. The molecule has 0 saturated heterocycles. The summed E-state index contributed by atoms with van der Waals surface area (Å²) in [6.45, 7) is 3.99. The number of amides is 2. The molecule has 22 heavy (non-hydrogen) atoms. The van der Waals surface area contributed by atoms with Crippen LogP contribution < -0.4 is 15.4 Å². The molecule has 0 fully saturated rings. The van der Waals surface area contributed by atoms with Crippen LogP contribution in [0.4, 0.5) is 10.5 Å². The maximum atomic E-state index is 12.0. The first-order valence-corrected chi connectivity index (χ1v) is 7.52. The topological polar surface area (TPSA) is 89.3 Å². The van der Waals surface area contributed by atoms with Gasteiger partial charge < -0.3 is 19.9 Å². The Morgan fingerprint density at radius 1 is 1.50 bits per heavy atom. The van der Waals surface area contributed by atoms with Crippen LogP contribution in [0.1, 0.15) is 23.9 Å². The van der Waals surface area contributed by atoms with Gasteiger partial charge in [-0.2, -0.15) is 0 Å². The van der Waals surface area contributed by atoms with E-state index in [0.29, 0.717) is 29.4 Å². The molecule has 2 amide bonds. The lowest BCUT2D eigenvalue weighted by Crippen LogP contribution is -2.29. The van der Waals surface area contributed by atoms with Crippen molar-refractivity contribution < 1.29 is 14.1 Å². The van der Waals surface area contributed by atoms with Crippen molar-refractivity contribution in [1.29, 1.82) is 0 Å². The summed E-state index contributed by atoms with van der Waals surface area (Å²) in [6, 6.07) is 1.50. The number of anilines is 1. The third-order valence-corrected chi connectivity index (χ3v) is 3.45. The number of rotatable bonds is 5. The normalized spacial score (nSPS) is 10.4. The third-order valence-electron chi connectivity index (χ3n) is 3.02. The maximum absolute atomic E-state index is 12.0. The fourth-order valence-corrected chi connectivity index (χ4v) is 2.31. The van der Waals surface area contributed by atoms with E-state index in [4.69, 9.17) is 9.26 Å². The lowest BCUT2D eigenvalue weighted by molar-refractivity contribution is 0.251. The quantitative estimate of drug-likeness (QED) is 0.846. The summed E-state index contributed by atoms with van der Waals surface area (Å²) in [5, 5.41) is 9.35. The average molecular weight is 369 g/mol. The van der Waals surface area contributed by atoms with E-state index in [1.807, 2.05) is 13.0 Å². The number of hydrogen-bond donors (Lipinski definition) is 2. The molecule has 0 unspecified atom stereocenters. The zero-order valence-electron chi connectivity index (χ0n) is 12.6. The van der Waals surface area contributed by atoms with Crippen LogP contribution >= 0.6 is 15.9 Å². The van der Waals surface area contributed by atoms with Crippen LogP contribution in [-0.4, -0.2) is 23.3 Å². The van der Waals surface area contributed by atoms with Crippen molar-refractivity contribution >= 4 is 27.6 Å². The van der Waals surface area contributed by atoms with Crippen LogP contribution in [0.2, 0.25) is 0 Å². The van der Waals surface area contributed by atoms with Gasteiger partial charge >= 0.3 is 6.03 Å². The summed E-state index contributed by atoms with van der Waals surface area (Å²) in [6.07, 6.45) is 2.29. The van der Waals surface area contributed by atoms with Gasteiger partial charge in [-0.05, 0) is 28.9 Å². The van der Waals surface area contributed by atoms with Gasteiger partial charge in [0.25, 0.3) is 0 Å². The fraction of sp³-hybridized carbons (Fsp3) is 0.357. The molecule has 7 nitrogen and oxygen atoms in total. The molecule has 0 radical (unpaired) electrons. The molecule has 8 heteroatoms. The molecule has 0 aliphatic carbocycles. The minimum atomic E-state index is -0.344. The van der Waals surface area contributed by atoms with Gasteiger partial charge in [0.05, 0.1) is 7.11 Å². The number of carbonyl (C=O) groups excluding carboxylic acids is 1. The van der Waals surface area contributed by atoms with Crippen LogP contribution in [0, 0.1) is 6.92 Å². The van der Waals surface area contributed by atoms with Crippen LogP contribution in [0.3, 0.4) is 0 Å². The molecule has 0 spiro atoms. The third kappa shape index (κ3) is 3.76. The molecule has 118 valence electrons. The molecule has 2 rings (SSSR count). The van der Waals surface area contributed by atoms with E-state index in [2.05, 4.69) is 36.7 Å². The van der Waals surface area contributed by atoms with Crippen molar-refractivity contribution in [3.8, 4) is 5.88 Å². The summed E-state index contributed by atoms with van der Waals surface area (Å²) in [5.41, 5.74) is 2.03. The van der Waals surface area contributed by atoms with E-state index in [1.54, 1.807) is 13.1 Å². The summed E-state index contributed by atoms with van der Waals surface area (Å²) in [4.78, 5) is 16.2.